The Bertz CT molecular complexity index is 766. The lowest BCUT2D eigenvalue weighted by molar-refractivity contribution is 0.245. The fraction of sp³-hybridized carbons (Fsp3) is 0.308. The van der Waals surface area contributed by atoms with Crippen LogP contribution in [0.3, 0.4) is 0 Å². The van der Waals surface area contributed by atoms with Crippen molar-refractivity contribution < 1.29 is 13.2 Å². The van der Waals surface area contributed by atoms with Crippen LogP contribution in [0.25, 0.3) is 11.4 Å². The largest absolute Gasteiger partial charge is 0.379 e. The predicted octanol–water partition coefficient (Wildman–Crippen LogP) is 2.31. The van der Waals surface area contributed by atoms with E-state index in [1.807, 2.05) is 31.2 Å². The highest BCUT2D eigenvalue weighted by molar-refractivity contribution is 7.92. The highest BCUT2D eigenvalue weighted by atomic mass is 32.2. The molecule has 0 unspecified atom stereocenters. The molecule has 0 amide bonds. The second-order valence-electron chi connectivity index (χ2n) is 4.43. The molecule has 0 radical (unpaired) electrons. The van der Waals surface area contributed by atoms with Crippen molar-refractivity contribution in [1.29, 1.82) is 0 Å². The second kappa shape index (κ2) is 6.42. The number of hydrogen-bond donors (Lipinski definition) is 0. The third-order valence-electron chi connectivity index (χ3n) is 2.64. The minimum Gasteiger partial charge on any atom is -0.379 e. The van der Waals surface area contributed by atoms with Crippen LogP contribution in [0.2, 0.25) is 0 Å². The standard InChI is InChI=1S/C13H15N3O3S2/c1-9-6-4-5-7-11(9)12-14-13(20-15-12)21(17,18)16-10(2)8-19-3/h4-7H,8H2,1-3H3. The van der Waals surface area contributed by atoms with Crippen molar-refractivity contribution >= 4 is 27.3 Å². The second-order valence-corrected chi connectivity index (χ2v) is 6.96. The molecule has 1 aromatic heterocycles. The van der Waals surface area contributed by atoms with Gasteiger partial charge in [-0.25, -0.2) is 4.98 Å². The van der Waals surface area contributed by atoms with Gasteiger partial charge < -0.3 is 4.74 Å². The highest BCUT2D eigenvalue weighted by Gasteiger charge is 2.20. The van der Waals surface area contributed by atoms with Crippen molar-refractivity contribution in [3.05, 3.63) is 29.8 Å². The molecule has 0 atom stereocenters. The number of sulfonamides is 1. The zero-order valence-corrected chi connectivity index (χ0v) is 13.5. The predicted molar refractivity (Wildman–Crippen MR) is 82.3 cm³/mol. The Morgan fingerprint density at radius 2 is 2.10 bits per heavy atom. The minimum atomic E-state index is -3.83. The maximum absolute atomic E-state index is 12.1. The maximum atomic E-state index is 12.1. The first-order valence-electron chi connectivity index (χ1n) is 6.13. The molecule has 0 aliphatic rings. The molecule has 0 saturated carbocycles. The van der Waals surface area contributed by atoms with Crippen LogP contribution in [0.4, 0.5) is 0 Å². The van der Waals surface area contributed by atoms with E-state index in [2.05, 4.69) is 13.8 Å². The Morgan fingerprint density at radius 3 is 2.76 bits per heavy atom. The first kappa shape index (κ1) is 15.7. The molecule has 0 saturated heterocycles. The molecule has 0 N–H and O–H groups in total. The Kier molecular flexibility index (Phi) is 4.81. The van der Waals surface area contributed by atoms with E-state index in [-0.39, 0.29) is 10.9 Å². The zero-order valence-electron chi connectivity index (χ0n) is 11.9. The van der Waals surface area contributed by atoms with Gasteiger partial charge in [0.1, 0.15) is 0 Å². The van der Waals surface area contributed by atoms with Crippen LogP contribution in [0.15, 0.2) is 33.0 Å². The first-order chi connectivity index (χ1) is 9.94. The van der Waals surface area contributed by atoms with E-state index in [4.69, 9.17) is 4.74 Å². The van der Waals surface area contributed by atoms with Crippen LogP contribution in [-0.4, -0.2) is 37.2 Å². The summed E-state index contributed by atoms with van der Waals surface area (Å²) < 4.78 is 36.7. The number of nitrogens with zero attached hydrogens (tertiary/aromatic N) is 3. The third-order valence-corrected chi connectivity index (χ3v) is 5.10. The normalized spacial score (nSPS) is 12.6. The van der Waals surface area contributed by atoms with Crippen LogP contribution >= 0.6 is 11.5 Å². The van der Waals surface area contributed by atoms with E-state index in [1.165, 1.54) is 7.11 Å². The lowest BCUT2D eigenvalue weighted by atomic mass is 10.1. The summed E-state index contributed by atoms with van der Waals surface area (Å²) in [6.45, 7) is 3.67. The summed E-state index contributed by atoms with van der Waals surface area (Å²) in [7, 11) is -2.35. The molecule has 8 heteroatoms. The van der Waals surface area contributed by atoms with Gasteiger partial charge in [0.15, 0.2) is 5.82 Å². The lowest BCUT2D eigenvalue weighted by Crippen LogP contribution is -2.06. The van der Waals surface area contributed by atoms with E-state index in [0.717, 1.165) is 22.7 Å². The zero-order chi connectivity index (χ0) is 15.5. The van der Waals surface area contributed by atoms with Gasteiger partial charge in [0.2, 0.25) is 0 Å². The quantitative estimate of drug-likeness (QED) is 0.788. The van der Waals surface area contributed by atoms with Crippen LogP contribution in [0.1, 0.15) is 12.5 Å². The van der Waals surface area contributed by atoms with Crippen LogP contribution in [0, 0.1) is 6.92 Å². The number of methoxy groups -OCH3 is 1. The van der Waals surface area contributed by atoms with Gasteiger partial charge in [-0.05, 0) is 19.4 Å². The summed E-state index contributed by atoms with van der Waals surface area (Å²) in [6.07, 6.45) is 0. The number of aromatic nitrogens is 2. The van der Waals surface area contributed by atoms with Gasteiger partial charge >= 0.3 is 10.0 Å². The molecule has 2 rings (SSSR count). The van der Waals surface area contributed by atoms with Gasteiger partial charge in [-0.1, -0.05) is 24.3 Å². The fourth-order valence-electron chi connectivity index (χ4n) is 1.73. The Hall–Kier alpha value is -1.64. The van der Waals surface area contributed by atoms with Gasteiger partial charge in [0.05, 0.1) is 12.3 Å². The Balaban J connectivity index is 2.36. The molecule has 6 nitrogen and oxygen atoms in total. The molecule has 0 fully saturated rings. The summed E-state index contributed by atoms with van der Waals surface area (Å²) in [5.74, 6) is 0.399. The molecular formula is C13H15N3O3S2. The molecule has 1 heterocycles. The monoisotopic (exact) mass is 325 g/mol. The number of aryl methyl sites for hydroxylation is 1. The van der Waals surface area contributed by atoms with Crippen molar-refractivity contribution in [3.8, 4) is 11.4 Å². The van der Waals surface area contributed by atoms with Crippen molar-refractivity contribution in [3.63, 3.8) is 0 Å². The molecule has 0 spiro atoms. The van der Waals surface area contributed by atoms with Gasteiger partial charge in [-0.3, -0.25) is 0 Å². The van der Waals surface area contributed by atoms with Gasteiger partial charge in [-0.15, -0.1) is 0 Å². The Labute approximate surface area is 127 Å². The third kappa shape index (κ3) is 3.72. The van der Waals surface area contributed by atoms with E-state index in [0.29, 0.717) is 11.5 Å². The summed E-state index contributed by atoms with van der Waals surface area (Å²) in [5.41, 5.74) is 2.16. The highest BCUT2D eigenvalue weighted by Crippen LogP contribution is 2.24. The smallest absolute Gasteiger partial charge is 0.311 e. The number of ether oxygens (including phenoxy) is 1. The molecule has 0 aliphatic heterocycles. The minimum absolute atomic E-state index is 0.115. The molecule has 2 aromatic rings. The summed E-state index contributed by atoms with van der Waals surface area (Å²) in [6, 6.07) is 7.54. The van der Waals surface area contributed by atoms with Gasteiger partial charge in [-0.2, -0.15) is 17.2 Å². The van der Waals surface area contributed by atoms with E-state index in [1.54, 1.807) is 6.92 Å². The van der Waals surface area contributed by atoms with Crippen molar-refractivity contribution in [2.24, 2.45) is 4.40 Å². The molecule has 1 aromatic carbocycles. The maximum Gasteiger partial charge on any atom is 0.311 e. The number of benzene rings is 1. The molecule has 0 aliphatic carbocycles. The van der Waals surface area contributed by atoms with E-state index in [9.17, 15) is 8.42 Å². The topological polar surface area (TPSA) is 81.5 Å². The molecular weight excluding hydrogens is 310 g/mol. The Morgan fingerprint density at radius 1 is 1.38 bits per heavy atom. The fourth-order valence-corrected chi connectivity index (χ4v) is 3.50. The number of hydrogen-bond acceptors (Lipinski definition) is 6. The van der Waals surface area contributed by atoms with Crippen LogP contribution in [-0.2, 0) is 14.8 Å². The van der Waals surface area contributed by atoms with Crippen molar-refractivity contribution in [2.75, 3.05) is 13.7 Å². The average molecular weight is 325 g/mol. The molecule has 21 heavy (non-hydrogen) atoms. The SMILES string of the molecule is COCC(C)=NS(=O)(=O)c1nc(-c2ccccc2C)ns1. The van der Waals surface area contributed by atoms with Crippen LogP contribution in [0.5, 0.6) is 0 Å². The van der Waals surface area contributed by atoms with Crippen molar-refractivity contribution in [2.45, 2.75) is 18.2 Å². The van der Waals surface area contributed by atoms with Gasteiger partial charge in [0, 0.05) is 24.2 Å². The average Bonchev–Trinajstić information content (AvgIpc) is 2.89. The summed E-state index contributed by atoms with van der Waals surface area (Å²) >= 11 is 0.823. The summed E-state index contributed by atoms with van der Waals surface area (Å²) in [4.78, 5) is 4.10. The lowest BCUT2D eigenvalue weighted by Gasteiger charge is -1.99. The summed E-state index contributed by atoms with van der Waals surface area (Å²) in [5, 5.41) is 0. The van der Waals surface area contributed by atoms with E-state index >= 15 is 0 Å². The molecule has 112 valence electrons. The molecule has 0 bridgehead atoms. The van der Waals surface area contributed by atoms with Crippen molar-refractivity contribution in [1.82, 2.24) is 9.36 Å². The van der Waals surface area contributed by atoms with Gasteiger partial charge in [0.25, 0.3) is 4.34 Å². The number of rotatable bonds is 5. The first-order valence-corrected chi connectivity index (χ1v) is 8.34. The van der Waals surface area contributed by atoms with Crippen LogP contribution < -0.4 is 0 Å². The van der Waals surface area contributed by atoms with E-state index < -0.39 is 10.0 Å².